The Morgan fingerprint density at radius 3 is 2.52 bits per heavy atom. The Morgan fingerprint density at radius 1 is 1.09 bits per heavy atom. The third-order valence-corrected chi connectivity index (χ3v) is 4.24. The molecule has 2 aromatic carbocycles. The quantitative estimate of drug-likeness (QED) is 0.770. The van der Waals surface area contributed by atoms with Gasteiger partial charge >= 0.3 is 0 Å². The van der Waals surface area contributed by atoms with Crippen molar-refractivity contribution in [1.29, 1.82) is 0 Å². The van der Waals surface area contributed by atoms with E-state index in [1.807, 2.05) is 18.2 Å². The maximum Gasteiger partial charge on any atom is 0.234 e. The molecule has 6 heteroatoms. The van der Waals surface area contributed by atoms with Gasteiger partial charge in [-0.2, -0.15) is 0 Å². The van der Waals surface area contributed by atoms with Crippen LogP contribution in [0.25, 0.3) is 0 Å². The number of hydrogen-bond donors (Lipinski definition) is 1. The molecule has 0 saturated carbocycles. The van der Waals surface area contributed by atoms with E-state index in [1.165, 1.54) is 18.9 Å². The van der Waals surface area contributed by atoms with Crippen LogP contribution >= 0.6 is 23.4 Å². The van der Waals surface area contributed by atoms with Crippen molar-refractivity contribution in [3.63, 3.8) is 0 Å². The number of para-hydroxylation sites is 1. The van der Waals surface area contributed by atoms with Crippen LogP contribution < -0.4 is 10.1 Å². The molecule has 0 radical (unpaired) electrons. The van der Waals surface area contributed by atoms with Crippen LogP contribution in [0, 0.1) is 0 Å². The zero-order valence-electron chi connectivity index (χ0n) is 12.5. The molecule has 0 aliphatic carbocycles. The van der Waals surface area contributed by atoms with Crippen LogP contribution in [0.1, 0.15) is 10.4 Å². The average molecular weight is 350 g/mol. The molecule has 0 aliphatic rings. The predicted octanol–water partition coefficient (Wildman–Crippen LogP) is 3.90. The number of rotatable bonds is 7. The number of carbonyl (C=O) groups excluding carboxylic acids is 2. The van der Waals surface area contributed by atoms with Crippen molar-refractivity contribution < 1.29 is 14.3 Å². The monoisotopic (exact) mass is 349 g/mol. The highest BCUT2D eigenvalue weighted by Crippen LogP contribution is 2.32. The van der Waals surface area contributed by atoms with Gasteiger partial charge in [0.2, 0.25) is 5.91 Å². The first-order valence-corrected chi connectivity index (χ1v) is 8.43. The first kappa shape index (κ1) is 17.4. The third kappa shape index (κ3) is 5.01. The smallest absolute Gasteiger partial charge is 0.234 e. The molecule has 1 amide bonds. The summed E-state index contributed by atoms with van der Waals surface area (Å²) < 4.78 is 5.17. The number of thioether (sulfide) groups is 1. The summed E-state index contributed by atoms with van der Waals surface area (Å²) in [6.07, 6.45) is 0. The second kappa shape index (κ2) is 8.60. The Balaban J connectivity index is 1.84. The number of halogens is 1. The van der Waals surface area contributed by atoms with Crippen LogP contribution in [0.15, 0.2) is 48.5 Å². The largest absolute Gasteiger partial charge is 0.493 e. The topological polar surface area (TPSA) is 55.4 Å². The minimum absolute atomic E-state index is 0.00346. The number of methoxy groups -OCH3 is 1. The highest BCUT2D eigenvalue weighted by atomic mass is 35.5. The summed E-state index contributed by atoms with van der Waals surface area (Å²) in [4.78, 5) is 23.9. The summed E-state index contributed by atoms with van der Waals surface area (Å²) in [6, 6.07) is 14.1. The van der Waals surface area contributed by atoms with E-state index in [0.29, 0.717) is 22.0 Å². The van der Waals surface area contributed by atoms with Gasteiger partial charge in [-0.25, -0.2) is 0 Å². The summed E-state index contributed by atoms with van der Waals surface area (Å²) in [6.45, 7) is 0. The van der Waals surface area contributed by atoms with E-state index in [9.17, 15) is 9.59 Å². The standard InChI is InChI=1S/C17H16ClNO3S/c1-22-17-13(18)8-5-9-14(17)19-16(21)11-23-10-15(20)12-6-3-2-4-7-12/h2-9H,10-11H2,1H3,(H,19,21). The first-order chi connectivity index (χ1) is 11.1. The van der Waals surface area contributed by atoms with Gasteiger partial charge in [-0.3, -0.25) is 9.59 Å². The Kier molecular flexibility index (Phi) is 6.50. The second-order valence-corrected chi connectivity index (χ2v) is 6.04. The van der Waals surface area contributed by atoms with Crippen LogP contribution in [0.5, 0.6) is 5.75 Å². The van der Waals surface area contributed by atoms with Crippen LogP contribution in [0.4, 0.5) is 5.69 Å². The second-order valence-electron chi connectivity index (χ2n) is 4.65. The molecular weight excluding hydrogens is 334 g/mol. The van der Waals surface area contributed by atoms with E-state index in [4.69, 9.17) is 16.3 Å². The Hall–Kier alpha value is -1.98. The van der Waals surface area contributed by atoms with Gasteiger partial charge in [0.05, 0.1) is 29.3 Å². The normalized spacial score (nSPS) is 10.2. The number of ketones is 1. The van der Waals surface area contributed by atoms with Crippen molar-refractivity contribution in [3.8, 4) is 5.75 Å². The highest BCUT2D eigenvalue weighted by molar-refractivity contribution is 8.00. The summed E-state index contributed by atoms with van der Waals surface area (Å²) >= 11 is 7.27. The van der Waals surface area contributed by atoms with Crippen molar-refractivity contribution in [2.24, 2.45) is 0 Å². The number of anilines is 1. The highest BCUT2D eigenvalue weighted by Gasteiger charge is 2.11. The molecule has 0 bridgehead atoms. The maximum atomic E-state index is 12.0. The van der Waals surface area contributed by atoms with E-state index in [0.717, 1.165) is 0 Å². The molecule has 120 valence electrons. The Labute approximate surface area is 144 Å². The molecule has 23 heavy (non-hydrogen) atoms. The average Bonchev–Trinajstić information content (AvgIpc) is 2.56. The van der Waals surface area contributed by atoms with Gasteiger partial charge in [0, 0.05) is 5.56 Å². The lowest BCUT2D eigenvalue weighted by Gasteiger charge is -2.11. The van der Waals surface area contributed by atoms with Crippen molar-refractivity contribution in [2.75, 3.05) is 23.9 Å². The summed E-state index contributed by atoms with van der Waals surface area (Å²) in [5, 5.41) is 3.16. The van der Waals surface area contributed by atoms with E-state index in [1.54, 1.807) is 30.3 Å². The fourth-order valence-electron chi connectivity index (χ4n) is 1.94. The van der Waals surface area contributed by atoms with Crippen LogP contribution in [0.3, 0.4) is 0 Å². The summed E-state index contributed by atoms with van der Waals surface area (Å²) in [7, 11) is 1.49. The fraction of sp³-hybridized carbons (Fsp3) is 0.176. The van der Waals surface area contributed by atoms with E-state index in [-0.39, 0.29) is 23.2 Å². The molecule has 0 atom stereocenters. The lowest BCUT2D eigenvalue weighted by molar-refractivity contribution is -0.113. The zero-order chi connectivity index (χ0) is 16.7. The van der Waals surface area contributed by atoms with Gasteiger partial charge < -0.3 is 10.1 Å². The van der Waals surface area contributed by atoms with Crippen molar-refractivity contribution >= 4 is 40.7 Å². The van der Waals surface area contributed by atoms with E-state index < -0.39 is 0 Å². The first-order valence-electron chi connectivity index (χ1n) is 6.90. The van der Waals surface area contributed by atoms with Crippen LogP contribution in [-0.4, -0.2) is 30.3 Å². The number of Topliss-reactive ketones (excluding diaryl/α,β-unsaturated/α-hetero) is 1. The Bertz CT molecular complexity index is 691. The number of amides is 1. The fourth-order valence-corrected chi connectivity index (χ4v) is 2.91. The van der Waals surface area contributed by atoms with Gasteiger partial charge in [0.1, 0.15) is 0 Å². The third-order valence-electron chi connectivity index (χ3n) is 3.01. The number of hydrogen-bond acceptors (Lipinski definition) is 4. The van der Waals surface area contributed by atoms with Gasteiger partial charge in [-0.1, -0.05) is 48.0 Å². The van der Waals surface area contributed by atoms with Crippen LogP contribution in [0.2, 0.25) is 5.02 Å². The van der Waals surface area contributed by atoms with E-state index >= 15 is 0 Å². The van der Waals surface area contributed by atoms with Gasteiger partial charge in [-0.15, -0.1) is 11.8 Å². The number of ether oxygens (including phenoxy) is 1. The predicted molar refractivity (Wildman–Crippen MR) is 94.7 cm³/mol. The molecule has 0 unspecified atom stereocenters. The molecular formula is C17H16ClNO3S. The molecule has 1 N–H and O–H groups in total. The van der Waals surface area contributed by atoms with Gasteiger partial charge in [0.25, 0.3) is 0 Å². The van der Waals surface area contributed by atoms with Crippen molar-refractivity contribution in [3.05, 3.63) is 59.1 Å². The molecule has 2 aromatic rings. The zero-order valence-corrected chi connectivity index (χ0v) is 14.1. The molecule has 2 rings (SSSR count). The summed E-state index contributed by atoms with van der Waals surface area (Å²) in [5.74, 6) is 0.645. The SMILES string of the molecule is COc1c(Cl)cccc1NC(=O)CSCC(=O)c1ccccc1. The van der Waals surface area contributed by atoms with Gasteiger partial charge in [0.15, 0.2) is 11.5 Å². The molecule has 4 nitrogen and oxygen atoms in total. The van der Waals surface area contributed by atoms with Crippen LogP contribution in [-0.2, 0) is 4.79 Å². The van der Waals surface area contributed by atoms with Crippen molar-refractivity contribution in [2.45, 2.75) is 0 Å². The van der Waals surface area contributed by atoms with Crippen molar-refractivity contribution in [1.82, 2.24) is 0 Å². The van der Waals surface area contributed by atoms with Gasteiger partial charge in [-0.05, 0) is 12.1 Å². The lowest BCUT2D eigenvalue weighted by atomic mass is 10.2. The molecule has 0 saturated heterocycles. The Morgan fingerprint density at radius 2 is 1.83 bits per heavy atom. The molecule has 0 fully saturated rings. The molecule has 0 spiro atoms. The number of benzene rings is 2. The molecule has 0 aliphatic heterocycles. The minimum Gasteiger partial charge on any atom is -0.493 e. The number of carbonyl (C=O) groups is 2. The minimum atomic E-state index is -0.212. The summed E-state index contributed by atoms with van der Waals surface area (Å²) in [5.41, 5.74) is 1.16. The molecule has 0 aromatic heterocycles. The number of nitrogens with one attached hydrogen (secondary N) is 1. The molecule has 0 heterocycles. The lowest BCUT2D eigenvalue weighted by Crippen LogP contribution is -2.16. The van der Waals surface area contributed by atoms with E-state index in [2.05, 4.69) is 5.32 Å². The maximum absolute atomic E-state index is 12.0.